The van der Waals surface area contributed by atoms with E-state index in [2.05, 4.69) is 0 Å². The summed E-state index contributed by atoms with van der Waals surface area (Å²) < 4.78 is 26.6. The molecule has 0 aliphatic carbocycles. The quantitative estimate of drug-likeness (QED) is 0.256. The van der Waals surface area contributed by atoms with Gasteiger partial charge in [0.15, 0.2) is 25.6 Å². The Kier molecular flexibility index (Phi) is 1.82. The Hall–Kier alpha value is 0.0700. The van der Waals surface area contributed by atoms with Gasteiger partial charge in [-0.3, -0.25) is 4.48 Å². The summed E-state index contributed by atoms with van der Waals surface area (Å²) in [4.78, 5) is 0. The molecule has 0 amide bonds. The van der Waals surface area contributed by atoms with Crippen LogP contribution in [0, 0.1) is 0 Å². The topological polar surface area (TPSA) is 0 Å². The van der Waals surface area contributed by atoms with Crippen LogP contribution in [0.4, 0.5) is 8.87 Å². The predicted octanol–water partition coefficient (Wildman–Crippen LogP) is 1.02. The highest BCUT2D eigenvalue weighted by Gasteiger charge is 2.57. The molecule has 3 aliphatic rings. The van der Waals surface area contributed by atoms with Crippen molar-refractivity contribution in [3.63, 3.8) is 0 Å². The zero-order valence-electron chi connectivity index (χ0n) is 6.85. The Balaban J connectivity index is 2.20. The molecule has 2 bridgehead atoms. The monoisotopic (exact) mass is 198 g/mol. The maximum absolute atomic E-state index is 13.5. The molecule has 70 valence electrons. The lowest BCUT2D eigenvalue weighted by atomic mass is 10.1. The number of halogens is 3. The molecule has 0 aromatic heterocycles. The molecule has 0 radical (unpaired) electrons. The number of hydrogen-bond acceptors (Lipinski definition) is 0. The molecule has 1 atom stereocenters. The summed E-state index contributed by atoms with van der Waals surface area (Å²) in [6.07, 6.45) is -1.10. The zero-order chi connectivity index (χ0) is 8.82. The van der Waals surface area contributed by atoms with Gasteiger partial charge in [-0.25, -0.2) is 0 Å². The zero-order valence-corrected chi connectivity index (χ0v) is 7.60. The van der Waals surface area contributed by atoms with E-state index in [1.165, 1.54) is 0 Å². The first kappa shape index (κ1) is 8.66. The van der Waals surface area contributed by atoms with Gasteiger partial charge in [-0.2, -0.15) is 4.39 Å². The van der Waals surface area contributed by atoms with Crippen LogP contribution in [0.5, 0.6) is 0 Å². The fourth-order valence-electron chi connectivity index (χ4n) is 2.08. The van der Waals surface area contributed by atoms with E-state index in [9.17, 15) is 8.87 Å². The Bertz CT molecular complexity index is 192. The SMILES string of the molecule is FC1C[N+]2(F)CC[N+]1(CCl)CC2. The maximum atomic E-state index is 13.5. The van der Waals surface area contributed by atoms with Gasteiger partial charge in [-0.05, 0) is 4.48 Å². The van der Waals surface area contributed by atoms with Gasteiger partial charge in [0.2, 0.25) is 0 Å². The average molecular weight is 199 g/mol. The summed E-state index contributed by atoms with van der Waals surface area (Å²) >= 11 is 5.70. The number of piperazine rings is 3. The van der Waals surface area contributed by atoms with E-state index in [4.69, 9.17) is 11.6 Å². The second kappa shape index (κ2) is 2.53. The Labute approximate surface area is 75.4 Å². The molecule has 12 heavy (non-hydrogen) atoms. The fraction of sp³-hybridized carbons (Fsp3) is 1.00. The first-order valence-corrected chi connectivity index (χ1v) is 4.75. The summed E-state index contributed by atoms with van der Waals surface area (Å²) in [5.74, 6) is 0. The Morgan fingerprint density at radius 2 is 1.83 bits per heavy atom. The highest BCUT2D eigenvalue weighted by atomic mass is 35.5. The van der Waals surface area contributed by atoms with E-state index in [1.54, 1.807) is 0 Å². The van der Waals surface area contributed by atoms with E-state index in [0.717, 1.165) is 0 Å². The highest BCUT2D eigenvalue weighted by Crippen LogP contribution is 2.32. The minimum atomic E-state index is -1.10. The number of quaternary nitrogens is 2. The maximum Gasteiger partial charge on any atom is 0.285 e. The molecule has 0 spiro atoms. The fourth-order valence-corrected chi connectivity index (χ4v) is 2.47. The summed E-state index contributed by atoms with van der Waals surface area (Å²) in [7, 11) is 0. The third kappa shape index (κ3) is 1.05. The number of hydrogen-bond donors (Lipinski definition) is 0. The molecule has 1 unspecified atom stereocenters. The Morgan fingerprint density at radius 1 is 1.25 bits per heavy atom. The van der Waals surface area contributed by atoms with Crippen LogP contribution in [0.3, 0.4) is 0 Å². The molecule has 5 heteroatoms. The van der Waals surface area contributed by atoms with Crippen molar-refractivity contribution in [2.45, 2.75) is 6.30 Å². The number of nitrogens with zero attached hydrogens (tertiary/aromatic N) is 2. The van der Waals surface area contributed by atoms with Crippen LogP contribution in [-0.2, 0) is 0 Å². The highest BCUT2D eigenvalue weighted by molar-refractivity contribution is 6.17. The van der Waals surface area contributed by atoms with Gasteiger partial charge in [0.1, 0.15) is 13.1 Å². The van der Waals surface area contributed by atoms with E-state index in [1.807, 2.05) is 0 Å². The summed E-state index contributed by atoms with van der Waals surface area (Å²) in [6, 6.07) is 0.279. The van der Waals surface area contributed by atoms with Gasteiger partial charge in [0.05, 0.1) is 0 Å². The van der Waals surface area contributed by atoms with E-state index in [0.29, 0.717) is 26.2 Å². The van der Waals surface area contributed by atoms with Crippen LogP contribution in [0.1, 0.15) is 0 Å². The van der Waals surface area contributed by atoms with E-state index >= 15 is 0 Å². The molecule has 0 N–H and O–H groups in total. The van der Waals surface area contributed by atoms with Gasteiger partial charge in [0.25, 0.3) is 6.30 Å². The first-order chi connectivity index (χ1) is 5.60. The van der Waals surface area contributed by atoms with Gasteiger partial charge < -0.3 is 0 Å². The van der Waals surface area contributed by atoms with Crippen molar-refractivity contribution >= 4 is 11.6 Å². The molecule has 3 aliphatic heterocycles. The second-order valence-corrected chi connectivity index (χ2v) is 4.12. The second-order valence-electron chi connectivity index (χ2n) is 3.88. The minimum Gasteiger partial charge on any atom is -0.268 e. The summed E-state index contributed by atoms with van der Waals surface area (Å²) in [5.41, 5.74) is 0. The van der Waals surface area contributed by atoms with Crippen LogP contribution in [-0.4, -0.2) is 54.2 Å². The van der Waals surface area contributed by atoms with Gasteiger partial charge in [-0.15, -0.1) is 4.71 Å². The third-order valence-corrected chi connectivity index (χ3v) is 3.68. The molecule has 3 fully saturated rings. The molecule has 3 heterocycles. The van der Waals surface area contributed by atoms with Crippen LogP contribution in [0.15, 0.2) is 0 Å². The van der Waals surface area contributed by atoms with Crippen molar-refractivity contribution in [3.05, 3.63) is 0 Å². The average Bonchev–Trinajstić information content (AvgIpc) is 2.05. The minimum absolute atomic E-state index is 0.00722. The molecule has 0 saturated carbocycles. The molecular formula is C7H13ClF2N2+2. The lowest BCUT2D eigenvalue weighted by molar-refractivity contribution is -1.16. The van der Waals surface area contributed by atoms with Crippen molar-refractivity contribution in [2.75, 3.05) is 38.7 Å². The standard InChI is InChI=1S/C7H13ClF2N2/c8-6-11-1-3-12(10,4-2-11)5-7(11)9/h7H,1-6H2/q+2. The van der Waals surface area contributed by atoms with Crippen molar-refractivity contribution in [1.29, 1.82) is 0 Å². The van der Waals surface area contributed by atoms with Gasteiger partial charge in [-0.1, -0.05) is 11.6 Å². The predicted molar refractivity (Wildman–Crippen MR) is 41.6 cm³/mol. The summed E-state index contributed by atoms with van der Waals surface area (Å²) in [5, 5.41) is 0. The first-order valence-electron chi connectivity index (χ1n) is 4.22. The lowest BCUT2D eigenvalue weighted by Gasteiger charge is -2.50. The molecule has 0 aromatic rings. The molecule has 0 aromatic carbocycles. The van der Waals surface area contributed by atoms with Crippen molar-refractivity contribution in [2.24, 2.45) is 0 Å². The van der Waals surface area contributed by atoms with E-state index < -0.39 is 11.0 Å². The summed E-state index contributed by atoms with van der Waals surface area (Å²) in [6.45, 7) is 1.93. The van der Waals surface area contributed by atoms with Crippen molar-refractivity contribution in [3.8, 4) is 0 Å². The molecule has 2 nitrogen and oxygen atoms in total. The van der Waals surface area contributed by atoms with Crippen LogP contribution in [0.25, 0.3) is 0 Å². The smallest absolute Gasteiger partial charge is 0.268 e. The Morgan fingerprint density at radius 3 is 2.25 bits per heavy atom. The van der Waals surface area contributed by atoms with Crippen molar-refractivity contribution < 1.29 is 18.1 Å². The normalized spacial score (nSPS) is 52.8. The molecule has 3 rings (SSSR count). The van der Waals surface area contributed by atoms with Gasteiger partial charge in [0, 0.05) is 0 Å². The third-order valence-electron chi connectivity index (χ3n) is 3.20. The van der Waals surface area contributed by atoms with Gasteiger partial charge >= 0.3 is 0 Å². The number of fused-ring (bicyclic) bond motifs is 3. The van der Waals surface area contributed by atoms with Crippen molar-refractivity contribution in [1.82, 2.24) is 0 Å². The number of rotatable bonds is 1. The van der Waals surface area contributed by atoms with Crippen LogP contribution in [0.2, 0.25) is 0 Å². The largest absolute Gasteiger partial charge is 0.285 e. The molecule has 3 saturated heterocycles. The van der Waals surface area contributed by atoms with Crippen LogP contribution < -0.4 is 0 Å². The number of alkyl halides is 2. The van der Waals surface area contributed by atoms with Crippen LogP contribution >= 0.6 is 11.6 Å². The lowest BCUT2D eigenvalue weighted by Crippen LogP contribution is -2.75. The van der Waals surface area contributed by atoms with E-state index in [-0.39, 0.29) is 17.0 Å². The molecular weight excluding hydrogens is 186 g/mol.